The Bertz CT molecular complexity index is 1260. The highest BCUT2D eigenvalue weighted by Crippen LogP contribution is 2.27. The minimum Gasteiger partial charge on any atom is -0.300 e. The van der Waals surface area contributed by atoms with Crippen LogP contribution in [-0.2, 0) is 12.3 Å². The molecule has 4 aromatic rings. The molecule has 32 heavy (non-hydrogen) atoms. The largest absolute Gasteiger partial charge is 0.300 e. The quantitative estimate of drug-likeness (QED) is 0.380. The van der Waals surface area contributed by atoms with Gasteiger partial charge in [-0.2, -0.15) is 0 Å². The van der Waals surface area contributed by atoms with Crippen LogP contribution in [0.25, 0.3) is 5.65 Å². The highest BCUT2D eigenvalue weighted by atomic mass is 32.2. The standard InChI is InChI=1S/C24H28N6OS/c1-5-20(28(3)4)23-26-27-24(30(23)15-18-9-7-6-8-10-18)32-16-19-14-22(31)29-12-11-17(2)13-21(29)25-19/h6-14,20H,5,15-16H2,1-4H3. The fourth-order valence-corrected chi connectivity index (χ4v) is 4.65. The van der Waals surface area contributed by atoms with Crippen molar-refractivity contribution in [2.24, 2.45) is 0 Å². The van der Waals surface area contributed by atoms with Crippen molar-refractivity contribution < 1.29 is 0 Å². The SMILES string of the molecule is CCC(c1nnc(SCc2cc(=O)n3ccc(C)cc3n2)n1Cc1ccccc1)N(C)C. The maximum atomic E-state index is 12.5. The number of benzene rings is 1. The topological polar surface area (TPSA) is 68.3 Å². The summed E-state index contributed by atoms with van der Waals surface area (Å²) in [5.74, 6) is 1.50. The smallest absolute Gasteiger partial charge is 0.258 e. The molecule has 7 nitrogen and oxygen atoms in total. The van der Waals surface area contributed by atoms with Crippen molar-refractivity contribution in [3.63, 3.8) is 0 Å². The molecule has 0 saturated carbocycles. The van der Waals surface area contributed by atoms with Crippen LogP contribution in [0.2, 0.25) is 0 Å². The number of rotatable bonds is 8. The van der Waals surface area contributed by atoms with E-state index in [-0.39, 0.29) is 11.6 Å². The monoisotopic (exact) mass is 448 g/mol. The highest BCUT2D eigenvalue weighted by Gasteiger charge is 2.22. The Kier molecular flexibility index (Phi) is 6.72. The van der Waals surface area contributed by atoms with Crippen molar-refractivity contribution >= 4 is 17.4 Å². The molecule has 1 aromatic carbocycles. The number of hydrogen-bond acceptors (Lipinski definition) is 6. The zero-order valence-electron chi connectivity index (χ0n) is 18.9. The van der Waals surface area contributed by atoms with Crippen molar-refractivity contribution in [3.8, 4) is 0 Å². The average Bonchev–Trinajstić information content (AvgIpc) is 3.15. The number of pyridine rings is 1. The summed E-state index contributed by atoms with van der Waals surface area (Å²) >= 11 is 1.56. The summed E-state index contributed by atoms with van der Waals surface area (Å²) in [6.07, 6.45) is 2.71. The fourth-order valence-electron chi connectivity index (χ4n) is 3.81. The Morgan fingerprint density at radius 1 is 1.09 bits per heavy atom. The second-order valence-electron chi connectivity index (χ2n) is 8.11. The third kappa shape index (κ3) is 4.76. The number of aryl methyl sites for hydroxylation is 1. The lowest BCUT2D eigenvalue weighted by Crippen LogP contribution is -2.23. The van der Waals surface area contributed by atoms with Crippen molar-refractivity contribution in [2.45, 2.75) is 43.8 Å². The normalized spacial score (nSPS) is 12.5. The van der Waals surface area contributed by atoms with Crippen LogP contribution in [0.4, 0.5) is 0 Å². The van der Waals surface area contributed by atoms with Gasteiger partial charge in [-0.1, -0.05) is 49.0 Å². The number of hydrogen-bond donors (Lipinski definition) is 0. The minimum absolute atomic E-state index is 0.0734. The first-order valence-corrected chi connectivity index (χ1v) is 11.7. The van der Waals surface area contributed by atoms with Crippen molar-refractivity contribution in [1.29, 1.82) is 0 Å². The Morgan fingerprint density at radius 2 is 1.88 bits per heavy atom. The van der Waals surface area contributed by atoms with Crippen LogP contribution in [0.5, 0.6) is 0 Å². The van der Waals surface area contributed by atoms with Gasteiger partial charge in [0.2, 0.25) is 0 Å². The van der Waals surface area contributed by atoms with Gasteiger partial charge in [-0.25, -0.2) is 4.98 Å². The van der Waals surface area contributed by atoms with Crippen LogP contribution < -0.4 is 5.56 Å². The molecule has 0 aliphatic rings. The lowest BCUT2D eigenvalue weighted by molar-refractivity contribution is 0.272. The molecule has 0 amide bonds. The van der Waals surface area contributed by atoms with E-state index in [1.165, 1.54) is 5.56 Å². The molecule has 3 aromatic heterocycles. The van der Waals surface area contributed by atoms with Crippen molar-refractivity contribution in [2.75, 3.05) is 14.1 Å². The van der Waals surface area contributed by atoms with Gasteiger partial charge in [0, 0.05) is 18.0 Å². The number of thioether (sulfide) groups is 1. The van der Waals surface area contributed by atoms with Gasteiger partial charge in [-0.15, -0.1) is 10.2 Å². The predicted molar refractivity (Wildman–Crippen MR) is 128 cm³/mol. The Hall–Kier alpha value is -2.97. The zero-order valence-corrected chi connectivity index (χ0v) is 19.7. The highest BCUT2D eigenvalue weighted by molar-refractivity contribution is 7.98. The summed E-state index contributed by atoms with van der Waals surface area (Å²) in [4.78, 5) is 19.4. The summed E-state index contributed by atoms with van der Waals surface area (Å²) in [7, 11) is 4.13. The van der Waals surface area contributed by atoms with Gasteiger partial charge in [0.15, 0.2) is 11.0 Å². The average molecular weight is 449 g/mol. The molecule has 0 bridgehead atoms. The van der Waals surface area contributed by atoms with E-state index < -0.39 is 0 Å². The maximum Gasteiger partial charge on any atom is 0.258 e. The summed E-state index contributed by atoms with van der Waals surface area (Å²) in [6.45, 7) is 4.85. The lowest BCUT2D eigenvalue weighted by atomic mass is 10.2. The van der Waals surface area contributed by atoms with Gasteiger partial charge < -0.3 is 4.57 Å². The molecule has 3 heterocycles. The van der Waals surface area contributed by atoms with Crippen molar-refractivity contribution in [1.82, 2.24) is 29.0 Å². The minimum atomic E-state index is -0.0734. The molecule has 0 radical (unpaired) electrons. The van der Waals surface area contributed by atoms with Gasteiger partial charge in [-0.3, -0.25) is 14.1 Å². The molecular weight excluding hydrogens is 420 g/mol. The first kappa shape index (κ1) is 22.2. The fraction of sp³-hybridized carbons (Fsp3) is 0.333. The maximum absolute atomic E-state index is 12.5. The van der Waals surface area contributed by atoms with E-state index in [2.05, 4.69) is 57.8 Å². The number of nitrogens with zero attached hydrogens (tertiary/aromatic N) is 6. The van der Waals surface area contributed by atoms with Crippen LogP contribution in [0.15, 0.2) is 64.7 Å². The van der Waals surface area contributed by atoms with E-state index in [9.17, 15) is 4.79 Å². The first-order chi connectivity index (χ1) is 15.5. The summed E-state index contributed by atoms with van der Waals surface area (Å²) < 4.78 is 3.76. The molecule has 1 unspecified atom stereocenters. The third-order valence-electron chi connectivity index (χ3n) is 5.46. The summed E-state index contributed by atoms with van der Waals surface area (Å²) in [5.41, 5.74) is 3.60. The molecule has 0 fully saturated rings. The Balaban J connectivity index is 1.65. The zero-order chi connectivity index (χ0) is 22.7. The van der Waals surface area contributed by atoms with Crippen LogP contribution in [0.1, 0.15) is 42.0 Å². The molecule has 8 heteroatoms. The Morgan fingerprint density at radius 3 is 2.59 bits per heavy atom. The molecular formula is C24H28N6OS. The van der Waals surface area contributed by atoms with Crippen LogP contribution in [0, 0.1) is 6.92 Å². The van der Waals surface area contributed by atoms with E-state index in [1.54, 1.807) is 28.4 Å². The predicted octanol–water partition coefficient (Wildman–Crippen LogP) is 3.95. The third-order valence-corrected chi connectivity index (χ3v) is 6.46. The van der Waals surface area contributed by atoms with Gasteiger partial charge in [0.1, 0.15) is 5.65 Å². The van der Waals surface area contributed by atoms with E-state index in [1.807, 2.05) is 37.3 Å². The van der Waals surface area contributed by atoms with Gasteiger partial charge in [0.05, 0.1) is 18.3 Å². The molecule has 0 N–H and O–H groups in total. The van der Waals surface area contributed by atoms with E-state index >= 15 is 0 Å². The molecule has 4 rings (SSSR count). The molecule has 1 atom stereocenters. The number of aromatic nitrogens is 5. The van der Waals surface area contributed by atoms with Crippen LogP contribution in [-0.4, -0.2) is 43.1 Å². The van der Waals surface area contributed by atoms with E-state index in [0.717, 1.165) is 28.7 Å². The molecule has 0 spiro atoms. The second-order valence-corrected chi connectivity index (χ2v) is 9.05. The Labute approximate surface area is 192 Å². The second kappa shape index (κ2) is 9.67. The number of fused-ring (bicyclic) bond motifs is 1. The molecule has 0 aliphatic carbocycles. The molecule has 0 saturated heterocycles. The first-order valence-electron chi connectivity index (χ1n) is 10.7. The van der Waals surface area contributed by atoms with Gasteiger partial charge in [0.25, 0.3) is 5.56 Å². The van der Waals surface area contributed by atoms with Crippen LogP contribution >= 0.6 is 11.8 Å². The van der Waals surface area contributed by atoms with Gasteiger partial charge >= 0.3 is 0 Å². The van der Waals surface area contributed by atoms with Gasteiger partial charge in [-0.05, 0) is 50.7 Å². The molecule has 0 aliphatic heterocycles. The summed E-state index contributed by atoms with van der Waals surface area (Å²) in [6, 6.07) is 15.9. The molecule has 166 valence electrons. The van der Waals surface area contributed by atoms with E-state index in [0.29, 0.717) is 17.9 Å². The van der Waals surface area contributed by atoms with Crippen molar-refractivity contribution in [3.05, 3.63) is 87.7 Å². The lowest BCUT2D eigenvalue weighted by Gasteiger charge is -2.23. The van der Waals surface area contributed by atoms with Crippen LogP contribution in [0.3, 0.4) is 0 Å². The summed E-state index contributed by atoms with van der Waals surface area (Å²) in [5, 5.41) is 9.91. The van der Waals surface area contributed by atoms with E-state index in [4.69, 9.17) is 0 Å².